The Labute approximate surface area is 62.4 Å². The largest absolute Gasteiger partial charge is 0.313 e. The van der Waals surface area contributed by atoms with E-state index in [9.17, 15) is 4.79 Å². The molecule has 58 valence electrons. The van der Waals surface area contributed by atoms with E-state index in [-0.39, 0.29) is 0 Å². The summed E-state index contributed by atoms with van der Waals surface area (Å²) in [4.78, 5) is 11.3. The van der Waals surface area contributed by atoms with E-state index in [2.05, 4.69) is 6.92 Å². The van der Waals surface area contributed by atoms with Crippen molar-refractivity contribution in [2.45, 2.75) is 26.2 Å². The second kappa shape index (κ2) is 2.70. The molecule has 0 aromatic heterocycles. The molecular weight excluding hydrogens is 126 g/mol. The van der Waals surface area contributed by atoms with Gasteiger partial charge in [-0.3, -0.25) is 4.48 Å². The molecule has 1 aliphatic heterocycles. The topological polar surface area (TPSA) is 17.1 Å². The van der Waals surface area contributed by atoms with E-state index < -0.39 is 0 Å². The second-order valence-electron chi connectivity index (χ2n) is 3.29. The molecule has 10 heavy (non-hydrogen) atoms. The minimum Gasteiger partial charge on any atom is -0.263 e. The number of carbonyl (C=O) groups excluding carboxylic acids is 1. The van der Waals surface area contributed by atoms with Gasteiger partial charge in [-0.15, -0.1) is 0 Å². The van der Waals surface area contributed by atoms with Crippen molar-refractivity contribution in [3.05, 3.63) is 0 Å². The van der Waals surface area contributed by atoms with Gasteiger partial charge in [0.25, 0.3) is 0 Å². The van der Waals surface area contributed by atoms with Crippen molar-refractivity contribution >= 4 is 5.91 Å². The average Bonchev–Trinajstić information content (AvgIpc) is 1.96. The third kappa shape index (κ3) is 1.21. The highest BCUT2D eigenvalue weighted by Crippen LogP contribution is 2.16. The van der Waals surface area contributed by atoms with Crippen LogP contribution in [0.3, 0.4) is 0 Å². The van der Waals surface area contributed by atoms with Crippen molar-refractivity contribution in [3.63, 3.8) is 0 Å². The van der Waals surface area contributed by atoms with Crippen LogP contribution in [-0.4, -0.2) is 30.5 Å². The fourth-order valence-electron chi connectivity index (χ4n) is 1.47. The zero-order chi connectivity index (χ0) is 7.61. The molecule has 0 aromatic carbocycles. The van der Waals surface area contributed by atoms with Gasteiger partial charge in [-0.1, -0.05) is 0 Å². The quantitative estimate of drug-likeness (QED) is 0.502. The standard InChI is InChI=1S/C8H16NO/c1-3-9(2)7-5-4-6-8(9)10/h3-7H2,1-2H3/q+1. The van der Waals surface area contributed by atoms with Crippen LogP contribution < -0.4 is 0 Å². The highest BCUT2D eigenvalue weighted by atomic mass is 16.2. The number of amides is 1. The smallest absolute Gasteiger partial charge is 0.263 e. The lowest BCUT2D eigenvalue weighted by atomic mass is 10.1. The van der Waals surface area contributed by atoms with Crippen molar-refractivity contribution in [2.75, 3.05) is 20.1 Å². The number of quaternary nitrogens is 1. The van der Waals surface area contributed by atoms with Gasteiger partial charge in [0.15, 0.2) is 0 Å². The summed E-state index contributed by atoms with van der Waals surface area (Å²) in [7, 11) is 2.04. The van der Waals surface area contributed by atoms with Gasteiger partial charge in [0.1, 0.15) is 0 Å². The Hall–Kier alpha value is -0.370. The van der Waals surface area contributed by atoms with Crippen LogP contribution in [-0.2, 0) is 4.79 Å². The highest BCUT2D eigenvalue weighted by molar-refractivity contribution is 5.69. The van der Waals surface area contributed by atoms with E-state index in [0.717, 1.165) is 25.9 Å². The van der Waals surface area contributed by atoms with E-state index in [1.807, 2.05) is 7.05 Å². The Bertz CT molecular complexity index is 144. The zero-order valence-corrected chi connectivity index (χ0v) is 6.89. The lowest BCUT2D eigenvalue weighted by Gasteiger charge is -2.33. The van der Waals surface area contributed by atoms with E-state index in [1.165, 1.54) is 6.42 Å². The third-order valence-electron chi connectivity index (χ3n) is 2.59. The Morgan fingerprint density at radius 2 is 2.20 bits per heavy atom. The van der Waals surface area contributed by atoms with Crippen LogP contribution in [0.5, 0.6) is 0 Å². The number of nitrogens with zero attached hydrogens (tertiary/aromatic N) is 1. The van der Waals surface area contributed by atoms with E-state index in [0.29, 0.717) is 10.4 Å². The number of rotatable bonds is 1. The zero-order valence-electron chi connectivity index (χ0n) is 6.89. The van der Waals surface area contributed by atoms with Crippen molar-refractivity contribution in [1.82, 2.24) is 0 Å². The molecule has 1 rings (SSSR count). The van der Waals surface area contributed by atoms with E-state index in [4.69, 9.17) is 0 Å². The normalized spacial score (nSPS) is 34.4. The van der Waals surface area contributed by atoms with Crippen molar-refractivity contribution in [2.24, 2.45) is 0 Å². The molecule has 1 aliphatic rings. The minimum absolute atomic E-state index is 0.425. The van der Waals surface area contributed by atoms with Gasteiger partial charge in [0, 0.05) is 0 Å². The predicted octanol–water partition coefficient (Wildman–Crippen LogP) is 1.16. The fraction of sp³-hybridized carbons (Fsp3) is 0.875. The molecule has 1 unspecified atom stereocenters. The van der Waals surface area contributed by atoms with Crippen LogP contribution in [0, 0.1) is 0 Å². The number of hydrogen-bond acceptors (Lipinski definition) is 1. The van der Waals surface area contributed by atoms with Crippen LogP contribution in [0.15, 0.2) is 0 Å². The molecule has 0 radical (unpaired) electrons. The molecule has 1 heterocycles. The average molecular weight is 142 g/mol. The molecule has 0 aromatic rings. The van der Waals surface area contributed by atoms with Crippen molar-refractivity contribution < 1.29 is 9.28 Å². The molecule has 2 nitrogen and oxygen atoms in total. The summed E-state index contributed by atoms with van der Waals surface area (Å²) in [5.74, 6) is 0.425. The summed E-state index contributed by atoms with van der Waals surface area (Å²) >= 11 is 0. The van der Waals surface area contributed by atoms with Crippen LogP contribution >= 0.6 is 0 Å². The number of likely N-dealkylation sites (tertiary alicyclic amines) is 1. The van der Waals surface area contributed by atoms with E-state index in [1.54, 1.807) is 0 Å². The Morgan fingerprint density at radius 3 is 2.60 bits per heavy atom. The summed E-state index contributed by atoms with van der Waals surface area (Å²) in [6.45, 7) is 4.09. The first-order chi connectivity index (χ1) is 4.69. The lowest BCUT2D eigenvalue weighted by Crippen LogP contribution is -2.51. The monoisotopic (exact) mass is 142 g/mol. The maximum atomic E-state index is 11.3. The van der Waals surface area contributed by atoms with Gasteiger partial charge < -0.3 is 0 Å². The van der Waals surface area contributed by atoms with Gasteiger partial charge in [-0.25, -0.2) is 4.79 Å². The molecule has 0 N–H and O–H groups in total. The van der Waals surface area contributed by atoms with Crippen LogP contribution in [0.4, 0.5) is 0 Å². The molecule has 1 saturated heterocycles. The van der Waals surface area contributed by atoms with Gasteiger partial charge in [0.05, 0.1) is 26.6 Å². The fourth-order valence-corrected chi connectivity index (χ4v) is 1.47. The predicted molar refractivity (Wildman–Crippen MR) is 40.5 cm³/mol. The molecule has 1 atom stereocenters. The molecule has 1 fully saturated rings. The van der Waals surface area contributed by atoms with Crippen molar-refractivity contribution in [3.8, 4) is 0 Å². The van der Waals surface area contributed by atoms with Gasteiger partial charge >= 0.3 is 5.91 Å². The number of piperidine rings is 1. The Balaban J connectivity index is 2.63. The summed E-state index contributed by atoms with van der Waals surface area (Å²) in [5, 5.41) is 0. The SMILES string of the molecule is CC[N+]1(C)CCCCC1=O. The highest BCUT2D eigenvalue weighted by Gasteiger charge is 2.31. The summed E-state index contributed by atoms with van der Waals surface area (Å²) in [5.41, 5.74) is 0. The molecule has 0 spiro atoms. The maximum Gasteiger partial charge on any atom is 0.313 e. The summed E-state index contributed by atoms with van der Waals surface area (Å²) in [6, 6.07) is 0. The summed E-state index contributed by atoms with van der Waals surface area (Å²) in [6.07, 6.45) is 3.12. The maximum absolute atomic E-state index is 11.3. The molecule has 2 heteroatoms. The second-order valence-corrected chi connectivity index (χ2v) is 3.29. The molecular formula is C8H16NO+. The van der Waals surface area contributed by atoms with Crippen LogP contribution in [0.1, 0.15) is 26.2 Å². The Morgan fingerprint density at radius 1 is 1.50 bits per heavy atom. The van der Waals surface area contributed by atoms with Crippen LogP contribution in [0.2, 0.25) is 0 Å². The first-order valence-corrected chi connectivity index (χ1v) is 4.07. The van der Waals surface area contributed by atoms with Gasteiger partial charge in [-0.05, 0) is 19.8 Å². The van der Waals surface area contributed by atoms with Gasteiger partial charge in [-0.2, -0.15) is 0 Å². The summed E-state index contributed by atoms with van der Waals surface area (Å²) < 4.78 is 0.667. The number of hydrogen-bond donors (Lipinski definition) is 0. The minimum atomic E-state index is 0.425. The molecule has 0 aliphatic carbocycles. The molecule has 0 bridgehead atoms. The first-order valence-electron chi connectivity index (χ1n) is 4.07. The Kier molecular flexibility index (Phi) is 2.09. The van der Waals surface area contributed by atoms with Gasteiger partial charge in [0.2, 0.25) is 0 Å². The van der Waals surface area contributed by atoms with Crippen molar-refractivity contribution in [1.29, 1.82) is 0 Å². The first kappa shape index (κ1) is 7.73. The molecule has 0 saturated carbocycles. The molecule has 1 amide bonds. The third-order valence-corrected chi connectivity index (χ3v) is 2.59. The van der Waals surface area contributed by atoms with Crippen LogP contribution in [0.25, 0.3) is 0 Å². The van der Waals surface area contributed by atoms with E-state index >= 15 is 0 Å². The lowest BCUT2D eigenvalue weighted by molar-refractivity contribution is -0.836. The number of carbonyl (C=O) groups is 1.